The number of nitrogen functional groups attached to an aromatic ring is 1. The Balaban J connectivity index is 1.83. The lowest BCUT2D eigenvalue weighted by molar-refractivity contribution is 0.0955. The summed E-state index contributed by atoms with van der Waals surface area (Å²) in [4.78, 5) is 22.9. The third kappa shape index (κ3) is 4.48. The van der Waals surface area contributed by atoms with Gasteiger partial charge in [-0.1, -0.05) is 44.7 Å². The van der Waals surface area contributed by atoms with E-state index in [1.54, 1.807) is 37.0 Å². The zero-order valence-electron chi connectivity index (χ0n) is 19.9. The largest absolute Gasteiger partial charge is 0.497 e. The van der Waals surface area contributed by atoms with Gasteiger partial charge in [0.05, 0.1) is 30.9 Å². The van der Waals surface area contributed by atoms with E-state index in [-0.39, 0.29) is 11.7 Å². The van der Waals surface area contributed by atoms with Crippen LogP contribution in [0.4, 0.5) is 5.82 Å². The molecule has 0 aliphatic rings. The highest BCUT2D eigenvalue weighted by atomic mass is 16.5. The maximum absolute atomic E-state index is 13.3. The number of nitrogens with two attached hydrogens (primary N) is 1. The molecule has 2 aromatic carbocycles. The Labute approximate surface area is 199 Å². The highest BCUT2D eigenvalue weighted by Crippen LogP contribution is 2.36. The first-order chi connectivity index (χ1) is 16.6. The number of hydrogen-bond donors (Lipinski definition) is 2. The number of carbonyl (C=O) groups is 1. The van der Waals surface area contributed by atoms with Crippen molar-refractivity contribution in [3.63, 3.8) is 0 Å². The van der Waals surface area contributed by atoms with Gasteiger partial charge in [0.2, 0.25) is 0 Å². The van der Waals surface area contributed by atoms with E-state index in [0.29, 0.717) is 51.5 Å². The van der Waals surface area contributed by atoms with Crippen LogP contribution in [0.1, 0.15) is 49.4 Å². The number of hydrogen-bond acceptors (Lipinski definition) is 6. The second kappa shape index (κ2) is 10.4. The maximum Gasteiger partial charge on any atom is 0.257 e. The Morgan fingerprint density at radius 2 is 1.74 bits per heavy atom. The Morgan fingerprint density at radius 1 is 1.00 bits per heavy atom. The molecular formula is C26H31N5O3. The van der Waals surface area contributed by atoms with Crippen molar-refractivity contribution in [1.82, 2.24) is 19.9 Å². The van der Waals surface area contributed by atoms with Gasteiger partial charge < -0.3 is 20.5 Å². The van der Waals surface area contributed by atoms with Gasteiger partial charge >= 0.3 is 0 Å². The number of para-hydroxylation sites is 2. The zero-order valence-corrected chi connectivity index (χ0v) is 19.9. The Morgan fingerprint density at radius 3 is 2.44 bits per heavy atom. The van der Waals surface area contributed by atoms with Crippen LogP contribution in [0.3, 0.4) is 0 Å². The molecular weight excluding hydrogens is 430 g/mol. The number of methoxy groups -OCH3 is 2. The van der Waals surface area contributed by atoms with Crippen molar-refractivity contribution in [2.75, 3.05) is 26.5 Å². The summed E-state index contributed by atoms with van der Waals surface area (Å²) in [6, 6.07) is 13.0. The number of ether oxygens (including phenoxy) is 2. The van der Waals surface area contributed by atoms with Crippen LogP contribution in [0, 0.1) is 0 Å². The molecule has 0 bridgehead atoms. The van der Waals surface area contributed by atoms with Crippen LogP contribution in [0.25, 0.3) is 27.9 Å². The summed E-state index contributed by atoms with van der Waals surface area (Å²) in [5.41, 5.74) is 9.88. The molecule has 0 atom stereocenters. The highest BCUT2D eigenvalue weighted by molar-refractivity contribution is 6.11. The van der Waals surface area contributed by atoms with Gasteiger partial charge in [-0.15, -0.1) is 0 Å². The average molecular weight is 462 g/mol. The molecule has 0 unspecified atom stereocenters. The van der Waals surface area contributed by atoms with Crippen LogP contribution in [0.15, 0.2) is 42.5 Å². The number of amides is 1. The molecule has 8 nitrogen and oxygen atoms in total. The van der Waals surface area contributed by atoms with E-state index in [9.17, 15) is 4.79 Å². The molecule has 0 fully saturated rings. The number of nitrogens with zero attached hydrogens (tertiary/aromatic N) is 3. The molecule has 8 heteroatoms. The first-order valence-corrected chi connectivity index (χ1v) is 11.7. The minimum absolute atomic E-state index is 0.250. The Kier molecular flexibility index (Phi) is 7.15. The number of carbonyl (C=O) groups excluding carboxylic acids is 1. The fraction of sp³-hybridized carbons (Fsp3) is 0.346. The fourth-order valence-electron chi connectivity index (χ4n) is 4.12. The van der Waals surface area contributed by atoms with E-state index < -0.39 is 0 Å². The van der Waals surface area contributed by atoms with Crippen LogP contribution in [-0.4, -0.2) is 41.2 Å². The average Bonchev–Trinajstić information content (AvgIpc) is 3.14. The van der Waals surface area contributed by atoms with E-state index in [0.717, 1.165) is 12.8 Å². The fourth-order valence-corrected chi connectivity index (χ4v) is 4.12. The molecule has 0 spiro atoms. The molecule has 0 saturated carbocycles. The summed E-state index contributed by atoms with van der Waals surface area (Å²) < 4.78 is 12.7. The lowest BCUT2D eigenvalue weighted by atomic mass is 10.1. The van der Waals surface area contributed by atoms with Gasteiger partial charge in [0.1, 0.15) is 28.4 Å². The first kappa shape index (κ1) is 23.4. The van der Waals surface area contributed by atoms with Crippen molar-refractivity contribution in [1.29, 1.82) is 0 Å². The summed E-state index contributed by atoms with van der Waals surface area (Å²) >= 11 is 0. The summed E-state index contributed by atoms with van der Waals surface area (Å²) in [7, 11) is 3.18. The van der Waals surface area contributed by atoms with Crippen molar-refractivity contribution >= 4 is 33.9 Å². The zero-order chi connectivity index (χ0) is 24.1. The van der Waals surface area contributed by atoms with Crippen molar-refractivity contribution < 1.29 is 14.3 Å². The van der Waals surface area contributed by atoms with E-state index >= 15 is 0 Å². The van der Waals surface area contributed by atoms with Gasteiger partial charge in [-0.3, -0.25) is 9.36 Å². The number of benzene rings is 2. The predicted molar refractivity (Wildman–Crippen MR) is 135 cm³/mol. The molecule has 3 N–H and O–H groups in total. The van der Waals surface area contributed by atoms with Crippen molar-refractivity contribution in [2.24, 2.45) is 0 Å². The van der Waals surface area contributed by atoms with Gasteiger partial charge in [-0.2, -0.15) is 0 Å². The SMILES string of the molecule is CCCCCCCNC(=O)c1c(N)n(-c2cc(OC)ccc2OC)c2nc3ccccc3nc12. The molecule has 4 rings (SSSR count). The normalized spacial score (nSPS) is 11.1. The first-order valence-electron chi connectivity index (χ1n) is 11.7. The van der Waals surface area contributed by atoms with E-state index in [2.05, 4.69) is 12.2 Å². The molecule has 2 heterocycles. The lowest BCUT2D eigenvalue weighted by Gasteiger charge is -2.14. The summed E-state index contributed by atoms with van der Waals surface area (Å²) in [5, 5.41) is 3.02. The number of fused-ring (bicyclic) bond motifs is 2. The number of aromatic nitrogens is 3. The molecule has 0 aliphatic carbocycles. The predicted octanol–water partition coefficient (Wildman–Crippen LogP) is 4.87. The third-order valence-electron chi connectivity index (χ3n) is 5.92. The molecule has 178 valence electrons. The van der Waals surface area contributed by atoms with Crippen LogP contribution < -0.4 is 20.5 Å². The number of rotatable bonds is 10. The van der Waals surface area contributed by atoms with Crippen molar-refractivity contribution in [2.45, 2.75) is 39.0 Å². The van der Waals surface area contributed by atoms with Gasteiger partial charge in [-0.25, -0.2) is 9.97 Å². The second-order valence-corrected chi connectivity index (χ2v) is 8.19. The monoisotopic (exact) mass is 461 g/mol. The summed E-state index contributed by atoms with van der Waals surface area (Å²) in [5.74, 6) is 1.19. The quantitative estimate of drug-likeness (QED) is 0.326. The standard InChI is InChI=1S/C26H31N5O3/c1-4-5-6-7-10-15-28-26(32)22-23-25(30-19-12-9-8-11-18(19)29-23)31(24(22)27)20-16-17(33-2)13-14-21(20)34-3/h8-9,11-14,16H,4-7,10,15,27H2,1-3H3,(H,28,32). The van der Waals surface area contributed by atoms with E-state index in [1.807, 2.05) is 24.3 Å². The second-order valence-electron chi connectivity index (χ2n) is 8.19. The minimum atomic E-state index is -0.261. The van der Waals surface area contributed by atoms with Crippen LogP contribution >= 0.6 is 0 Å². The molecule has 4 aromatic rings. The molecule has 1 amide bonds. The summed E-state index contributed by atoms with van der Waals surface area (Å²) in [6.07, 6.45) is 5.56. The summed E-state index contributed by atoms with van der Waals surface area (Å²) in [6.45, 7) is 2.76. The molecule has 34 heavy (non-hydrogen) atoms. The van der Waals surface area contributed by atoms with Crippen LogP contribution in [0.2, 0.25) is 0 Å². The third-order valence-corrected chi connectivity index (χ3v) is 5.92. The van der Waals surface area contributed by atoms with Gasteiger partial charge in [0.25, 0.3) is 5.91 Å². The van der Waals surface area contributed by atoms with E-state index in [1.165, 1.54) is 19.3 Å². The van der Waals surface area contributed by atoms with Gasteiger partial charge in [0, 0.05) is 12.6 Å². The smallest absolute Gasteiger partial charge is 0.257 e. The molecule has 2 aromatic heterocycles. The minimum Gasteiger partial charge on any atom is -0.497 e. The highest BCUT2D eigenvalue weighted by Gasteiger charge is 2.26. The Hall–Kier alpha value is -3.81. The maximum atomic E-state index is 13.3. The van der Waals surface area contributed by atoms with Crippen molar-refractivity contribution in [3.8, 4) is 17.2 Å². The van der Waals surface area contributed by atoms with E-state index in [4.69, 9.17) is 25.2 Å². The number of nitrogens with one attached hydrogen (secondary N) is 1. The van der Waals surface area contributed by atoms with Gasteiger partial charge in [0.15, 0.2) is 5.65 Å². The Bertz CT molecular complexity index is 1320. The molecule has 0 saturated heterocycles. The topological polar surface area (TPSA) is 104 Å². The molecule has 0 aliphatic heterocycles. The molecule has 0 radical (unpaired) electrons. The number of anilines is 1. The van der Waals surface area contributed by atoms with Crippen molar-refractivity contribution in [3.05, 3.63) is 48.0 Å². The van der Waals surface area contributed by atoms with Crippen LogP contribution in [-0.2, 0) is 0 Å². The van der Waals surface area contributed by atoms with Crippen LogP contribution in [0.5, 0.6) is 11.5 Å². The lowest BCUT2D eigenvalue weighted by Crippen LogP contribution is -2.25. The number of unbranched alkanes of at least 4 members (excludes halogenated alkanes) is 4. The van der Waals surface area contributed by atoms with Gasteiger partial charge in [-0.05, 0) is 30.7 Å².